The Morgan fingerprint density at radius 2 is 1.60 bits per heavy atom. The molecule has 0 aliphatic heterocycles. The number of hydrogen-bond acceptors (Lipinski definition) is 6. The number of para-hydroxylation sites is 1. The van der Waals surface area contributed by atoms with E-state index in [0.717, 1.165) is 0 Å². The molecule has 0 spiro atoms. The van der Waals surface area contributed by atoms with E-state index >= 15 is 0 Å². The van der Waals surface area contributed by atoms with Crippen LogP contribution in [0.15, 0.2) is 59.8 Å². The van der Waals surface area contributed by atoms with E-state index in [1.54, 1.807) is 54.6 Å². The highest BCUT2D eigenvalue weighted by molar-refractivity contribution is 6.30. The number of rotatable bonds is 4. The molecule has 0 aromatic heterocycles. The summed E-state index contributed by atoms with van der Waals surface area (Å²) < 4.78 is 5.26. The summed E-state index contributed by atoms with van der Waals surface area (Å²) in [6.07, 6.45) is 0. The molecule has 0 fully saturated rings. The summed E-state index contributed by atoms with van der Waals surface area (Å²) in [7, 11) is 0. The highest BCUT2D eigenvalue weighted by Crippen LogP contribution is 2.22. The Kier molecular flexibility index (Phi) is 5.74. The highest BCUT2D eigenvalue weighted by Gasteiger charge is 2.15. The van der Waals surface area contributed by atoms with Gasteiger partial charge in [-0.1, -0.05) is 23.7 Å². The SMILES string of the molecule is N#CC(C#N)=C(C#N)Nc1ccccc1C(=O)Oc1ccc(Cl)cc1. The average molecular weight is 349 g/mol. The Labute approximate surface area is 148 Å². The summed E-state index contributed by atoms with van der Waals surface area (Å²) in [4.78, 5) is 12.4. The molecule has 2 rings (SSSR count). The first kappa shape index (κ1) is 17.6. The Bertz CT molecular complexity index is 944. The maximum Gasteiger partial charge on any atom is 0.345 e. The first-order valence-corrected chi connectivity index (χ1v) is 7.25. The maximum absolute atomic E-state index is 12.4. The predicted octanol–water partition coefficient (Wildman–Crippen LogP) is 3.80. The molecule has 0 aliphatic carbocycles. The van der Waals surface area contributed by atoms with Gasteiger partial charge >= 0.3 is 5.97 Å². The van der Waals surface area contributed by atoms with Gasteiger partial charge in [0.25, 0.3) is 0 Å². The maximum atomic E-state index is 12.4. The topological polar surface area (TPSA) is 110 Å². The van der Waals surface area contributed by atoms with Crippen LogP contribution in [-0.4, -0.2) is 5.97 Å². The summed E-state index contributed by atoms with van der Waals surface area (Å²) in [5.41, 5.74) is -0.262. The van der Waals surface area contributed by atoms with Crippen molar-refractivity contribution in [3.05, 3.63) is 70.4 Å². The van der Waals surface area contributed by atoms with Crippen molar-refractivity contribution in [1.82, 2.24) is 0 Å². The normalized spacial score (nSPS) is 9.04. The minimum Gasteiger partial charge on any atom is -0.423 e. The molecule has 0 saturated heterocycles. The molecule has 6 nitrogen and oxygen atoms in total. The number of esters is 1. The van der Waals surface area contributed by atoms with E-state index in [9.17, 15) is 4.79 Å². The number of allylic oxidation sites excluding steroid dienone is 2. The lowest BCUT2D eigenvalue weighted by Crippen LogP contribution is -2.12. The molecule has 0 amide bonds. The van der Waals surface area contributed by atoms with E-state index in [1.807, 2.05) is 0 Å². The molecule has 0 unspecified atom stereocenters. The van der Waals surface area contributed by atoms with Crippen LogP contribution in [0.2, 0.25) is 5.02 Å². The van der Waals surface area contributed by atoms with Crippen LogP contribution in [0.1, 0.15) is 10.4 Å². The number of ether oxygens (including phenoxy) is 1. The van der Waals surface area contributed by atoms with E-state index in [-0.39, 0.29) is 22.5 Å². The van der Waals surface area contributed by atoms with Crippen LogP contribution in [0.4, 0.5) is 5.69 Å². The molecule has 0 heterocycles. The van der Waals surface area contributed by atoms with Gasteiger partial charge in [0, 0.05) is 5.02 Å². The number of carbonyl (C=O) groups is 1. The first-order valence-electron chi connectivity index (χ1n) is 6.87. The van der Waals surface area contributed by atoms with Gasteiger partial charge < -0.3 is 10.1 Å². The van der Waals surface area contributed by atoms with Gasteiger partial charge in [-0.2, -0.15) is 15.8 Å². The molecule has 0 saturated carbocycles. The van der Waals surface area contributed by atoms with Gasteiger partial charge in [-0.05, 0) is 36.4 Å². The number of nitrogens with zero attached hydrogens (tertiary/aromatic N) is 3. The van der Waals surface area contributed by atoms with Crippen LogP contribution in [0.5, 0.6) is 5.75 Å². The molecular formula is C18H9ClN4O2. The number of carbonyl (C=O) groups excluding carboxylic acids is 1. The monoisotopic (exact) mass is 348 g/mol. The fourth-order valence-corrected chi connectivity index (χ4v) is 1.98. The van der Waals surface area contributed by atoms with Crippen molar-refractivity contribution in [3.63, 3.8) is 0 Å². The van der Waals surface area contributed by atoms with E-state index in [0.29, 0.717) is 10.8 Å². The van der Waals surface area contributed by atoms with Gasteiger partial charge in [0.2, 0.25) is 0 Å². The zero-order valence-electron chi connectivity index (χ0n) is 12.7. The molecule has 25 heavy (non-hydrogen) atoms. The van der Waals surface area contributed by atoms with Crippen LogP contribution in [0.3, 0.4) is 0 Å². The number of anilines is 1. The second kappa shape index (κ2) is 8.17. The lowest BCUT2D eigenvalue weighted by Gasteiger charge is -2.11. The van der Waals surface area contributed by atoms with Gasteiger partial charge in [-0.25, -0.2) is 4.79 Å². The van der Waals surface area contributed by atoms with Crippen LogP contribution >= 0.6 is 11.6 Å². The second-order valence-electron chi connectivity index (χ2n) is 4.60. The predicted molar refractivity (Wildman–Crippen MR) is 90.3 cm³/mol. The Hall–Kier alpha value is -3.79. The lowest BCUT2D eigenvalue weighted by atomic mass is 10.1. The standard InChI is InChI=1S/C18H9ClN4O2/c19-13-5-7-14(8-6-13)25-18(24)15-3-1-2-4-16(15)23-17(11-22)12(9-20)10-21/h1-8,23H. The number of benzene rings is 2. The summed E-state index contributed by atoms with van der Waals surface area (Å²) in [6, 6.07) is 17.5. The summed E-state index contributed by atoms with van der Waals surface area (Å²) in [5, 5.41) is 30.0. The third-order valence-electron chi connectivity index (χ3n) is 3.02. The second-order valence-corrected chi connectivity index (χ2v) is 5.04. The van der Waals surface area contributed by atoms with Crippen molar-refractivity contribution in [2.45, 2.75) is 0 Å². The largest absolute Gasteiger partial charge is 0.423 e. The Morgan fingerprint density at radius 3 is 2.20 bits per heavy atom. The minimum absolute atomic E-state index is 0.139. The van der Waals surface area contributed by atoms with Gasteiger partial charge in [0.05, 0.1) is 11.3 Å². The van der Waals surface area contributed by atoms with Crippen molar-refractivity contribution in [3.8, 4) is 24.0 Å². The number of hydrogen-bond donors (Lipinski definition) is 1. The third-order valence-corrected chi connectivity index (χ3v) is 3.27. The molecule has 0 aliphatic rings. The zero-order chi connectivity index (χ0) is 18.2. The highest BCUT2D eigenvalue weighted by atomic mass is 35.5. The summed E-state index contributed by atoms with van der Waals surface area (Å²) in [6.45, 7) is 0. The van der Waals surface area contributed by atoms with Crippen molar-refractivity contribution in [1.29, 1.82) is 15.8 Å². The van der Waals surface area contributed by atoms with Crippen LogP contribution < -0.4 is 10.1 Å². The van der Waals surface area contributed by atoms with E-state index in [2.05, 4.69) is 5.32 Å². The van der Waals surface area contributed by atoms with Gasteiger partial charge in [-0.15, -0.1) is 0 Å². The van der Waals surface area contributed by atoms with Gasteiger partial charge in [0.1, 0.15) is 29.7 Å². The lowest BCUT2D eigenvalue weighted by molar-refractivity contribution is 0.0736. The smallest absolute Gasteiger partial charge is 0.345 e. The molecule has 0 bridgehead atoms. The van der Waals surface area contributed by atoms with Crippen LogP contribution in [0.25, 0.3) is 0 Å². The fraction of sp³-hybridized carbons (Fsp3) is 0. The number of nitrogens with one attached hydrogen (secondary N) is 1. The molecule has 1 N–H and O–H groups in total. The van der Waals surface area contributed by atoms with Gasteiger partial charge in [0.15, 0.2) is 5.57 Å². The summed E-state index contributed by atoms with van der Waals surface area (Å²) in [5.74, 6) is -0.367. The van der Waals surface area contributed by atoms with Crippen molar-refractivity contribution in [2.75, 3.05) is 5.32 Å². The van der Waals surface area contributed by atoms with Crippen molar-refractivity contribution >= 4 is 23.3 Å². The third kappa shape index (κ3) is 4.36. The Balaban J connectivity index is 2.32. The fourth-order valence-electron chi connectivity index (χ4n) is 1.85. The molecule has 0 atom stereocenters. The van der Waals surface area contributed by atoms with Crippen LogP contribution in [0, 0.1) is 34.0 Å². The molecule has 7 heteroatoms. The quantitative estimate of drug-likeness (QED) is 0.511. The van der Waals surface area contributed by atoms with E-state index in [1.165, 1.54) is 12.1 Å². The minimum atomic E-state index is -0.668. The van der Waals surface area contributed by atoms with Crippen molar-refractivity contribution in [2.24, 2.45) is 0 Å². The number of halogens is 1. The average Bonchev–Trinajstić information content (AvgIpc) is 2.64. The van der Waals surface area contributed by atoms with Gasteiger partial charge in [-0.3, -0.25) is 0 Å². The molecule has 2 aromatic rings. The van der Waals surface area contributed by atoms with Crippen molar-refractivity contribution < 1.29 is 9.53 Å². The van der Waals surface area contributed by atoms with Crippen LogP contribution in [-0.2, 0) is 0 Å². The number of nitriles is 3. The Morgan fingerprint density at radius 1 is 0.960 bits per heavy atom. The molecule has 120 valence electrons. The zero-order valence-corrected chi connectivity index (χ0v) is 13.4. The molecular weight excluding hydrogens is 340 g/mol. The first-order chi connectivity index (χ1) is 12.1. The van der Waals surface area contributed by atoms with E-state index < -0.39 is 5.97 Å². The molecule has 2 aromatic carbocycles. The summed E-state index contributed by atoms with van der Waals surface area (Å²) >= 11 is 5.78. The molecule has 0 radical (unpaired) electrons. The van der Waals surface area contributed by atoms with E-state index in [4.69, 9.17) is 32.1 Å².